The van der Waals surface area contributed by atoms with E-state index in [1.807, 2.05) is 60.7 Å². The maximum absolute atomic E-state index is 13.2. The molecule has 2 amide bonds. The lowest BCUT2D eigenvalue weighted by Crippen LogP contribution is -2.48. The third-order valence-corrected chi connectivity index (χ3v) is 27.3. The molecule has 5 aromatic heterocycles. The number of fused-ring (bicyclic) bond motifs is 5. The lowest BCUT2D eigenvalue weighted by molar-refractivity contribution is -0.124. The number of pyridine rings is 5. The second-order valence-corrected chi connectivity index (χ2v) is 38.6. The second-order valence-electron chi connectivity index (χ2n) is 35.9. The van der Waals surface area contributed by atoms with Gasteiger partial charge in [-0.2, -0.15) is 0 Å². The molecule has 2 saturated heterocycles. The van der Waals surface area contributed by atoms with Gasteiger partial charge in [0.1, 0.15) is 120 Å². The molecule has 17 rings (SSSR count). The predicted octanol–water partition coefficient (Wildman–Crippen LogP) is 17.0. The predicted molar refractivity (Wildman–Crippen MR) is 556 cm³/mol. The molecule has 1 aliphatic carbocycles. The highest BCUT2D eigenvalue weighted by Crippen LogP contribution is 2.41. The first-order valence-corrected chi connectivity index (χ1v) is 49.2. The van der Waals surface area contributed by atoms with Crippen LogP contribution in [0.3, 0.4) is 0 Å². The van der Waals surface area contributed by atoms with Crippen LogP contribution in [0.15, 0.2) is 229 Å². The van der Waals surface area contributed by atoms with Gasteiger partial charge >= 0.3 is 0 Å². The summed E-state index contributed by atoms with van der Waals surface area (Å²) >= 11 is 11.8. The van der Waals surface area contributed by atoms with E-state index in [4.69, 9.17) is 37.4 Å². The SMILES string of the molecule is CC(=O)CCC(=O)c1c(O)c2cc(N3CN(c4ccccc4)CCC3=O)ccc2n(C)c1=O.CC(=O)CCC(=O)c1c(O)c2cc(S(=O)(=O)N3CCCC3=O)ccc2n(C)c1=O.CC(=O)CCC(=O)c1c(O)c2ccc(Oc3ccc(Cl)cc3)cc2n(C)c1=O.CC(=O)CCC(=O)c1c(O)c2ccc(Oc3cccc(Cl)c3)cc2n(C)c1=O.CC(=O)CCC(=O)c1c(O)c2ccc(Oc3ccccc3)cc2n(CC2CC2)c1=O. The Labute approximate surface area is 855 Å². The zero-order chi connectivity index (χ0) is 107. The van der Waals surface area contributed by atoms with E-state index in [-0.39, 0.29) is 167 Å². The smallest absolute Gasteiger partial charge is 0.266 e. The summed E-state index contributed by atoms with van der Waals surface area (Å²) in [7, 11) is 1.82. The molecular weight excluding hydrogens is 1970 g/mol. The number of halogens is 2. The summed E-state index contributed by atoms with van der Waals surface area (Å²) in [6, 6.07) is 56.2. The number of Topliss-reactive ketones (excluding diaryl/α,β-unsaturated/α-hetero) is 10. The van der Waals surface area contributed by atoms with Gasteiger partial charge in [0.05, 0.1) is 39.1 Å². The second kappa shape index (κ2) is 47.1. The topological polar surface area (TPSA) is 488 Å². The number of aromatic nitrogens is 5. The van der Waals surface area contributed by atoms with Crippen LogP contribution in [0.4, 0.5) is 11.4 Å². The third-order valence-electron chi connectivity index (χ3n) is 25.0. The lowest BCUT2D eigenvalue weighted by atomic mass is 10.0. The van der Waals surface area contributed by atoms with Crippen LogP contribution < -0.4 is 51.8 Å². The fourth-order valence-corrected chi connectivity index (χ4v) is 18.5. The van der Waals surface area contributed by atoms with Crippen molar-refractivity contribution in [2.45, 2.75) is 142 Å². The number of benzene rings is 9. The molecule has 7 heterocycles. The van der Waals surface area contributed by atoms with Crippen molar-refractivity contribution in [1.82, 2.24) is 27.1 Å². The number of ether oxygens (including phenoxy) is 3. The van der Waals surface area contributed by atoms with Gasteiger partial charge in [-0.1, -0.05) is 65.7 Å². The monoisotopic (exact) mass is 2070 g/mol. The molecule has 3 fully saturated rings. The number of para-hydroxylation sites is 2. The minimum Gasteiger partial charge on any atom is -0.506 e. The van der Waals surface area contributed by atoms with E-state index >= 15 is 0 Å². The normalized spacial score (nSPS) is 12.8. The number of anilines is 2. The van der Waals surface area contributed by atoms with Gasteiger partial charge < -0.3 is 91.5 Å². The van der Waals surface area contributed by atoms with Gasteiger partial charge in [-0.15, -0.1) is 0 Å². The average molecular weight is 2070 g/mol. The van der Waals surface area contributed by atoms with Gasteiger partial charge in [-0.25, -0.2) is 12.7 Å². The minimum atomic E-state index is -4.12. The first kappa shape index (κ1) is 109. The molecule has 14 aromatic rings. The molecule has 5 N–H and O–H groups in total. The zero-order valence-corrected chi connectivity index (χ0v) is 84.4. The molecular formula is C110H104Cl2N8O27S. The van der Waals surface area contributed by atoms with Gasteiger partial charge in [0, 0.05) is 191 Å². The van der Waals surface area contributed by atoms with E-state index in [9.17, 15) is 115 Å². The van der Waals surface area contributed by atoms with Crippen LogP contribution in [0.5, 0.6) is 63.2 Å². The van der Waals surface area contributed by atoms with Gasteiger partial charge in [0.25, 0.3) is 37.8 Å². The van der Waals surface area contributed by atoms with Gasteiger partial charge in [-0.3, -0.25) is 62.4 Å². The molecule has 0 radical (unpaired) electrons. The highest BCUT2D eigenvalue weighted by molar-refractivity contribution is 7.89. The van der Waals surface area contributed by atoms with Crippen molar-refractivity contribution in [3.8, 4) is 63.2 Å². The van der Waals surface area contributed by atoms with E-state index in [1.165, 1.54) is 88.6 Å². The van der Waals surface area contributed by atoms with Gasteiger partial charge in [0.2, 0.25) is 11.8 Å². The van der Waals surface area contributed by atoms with Crippen LogP contribution in [0, 0.1) is 5.92 Å². The first-order valence-electron chi connectivity index (χ1n) is 47.0. The van der Waals surface area contributed by atoms with E-state index < -0.39 is 89.7 Å². The van der Waals surface area contributed by atoms with Crippen LogP contribution in [0.25, 0.3) is 54.5 Å². The Balaban J connectivity index is 0.000000155. The summed E-state index contributed by atoms with van der Waals surface area (Å²) in [5.41, 5.74) is -1.23. The van der Waals surface area contributed by atoms with Crippen molar-refractivity contribution in [2.24, 2.45) is 34.1 Å². The summed E-state index contributed by atoms with van der Waals surface area (Å²) < 4.78 is 50.3. The summed E-state index contributed by atoms with van der Waals surface area (Å²) in [6.07, 6.45) is 2.23. The number of hydrogen-bond donors (Lipinski definition) is 5. The Bertz CT molecular complexity index is 8190. The number of nitrogens with zero attached hydrogens (tertiary/aromatic N) is 8. The molecule has 9 aromatic carbocycles. The molecule has 1 saturated carbocycles. The first-order chi connectivity index (χ1) is 70.3. The lowest BCUT2D eigenvalue weighted by Gasteiger charge is -2.37. The van der Waals surface area contributed by atoms with Crippen molar-refractivity contribution < 1.29 is 106 Å². The van der Waals surface area contributed by atoms with E-state index in [1.54, 1.807) is 131 Å². The number of amides is 2. The van der Waals surface area contributed by atoms with Crippen LogP contribution >= 0.6 is 23.2 Å². The van der Waals surface area contributed by atoms with Crippen LogP contribution in [-0.4, -0.2) is 150 Å². The number of carbonyl (C=O) groups is 12. The fourth-order valence-electron chi connectivity index (χ4n) is 16.7. The molecule has 35 nitrogen and oxygen atoms in total. The maximum atomic E-state index is 13.2. The number of ketones is 10. The number of aromatic hydroxyl groups is 5. The maximum Gasteiger partial charge on any atom is 0.266 e. The number of sulfonamides is 1. The van der Waals surface area contributed by atoms with Crippen LogP contribution in [0.2, 0.25) is 10.0 Å². The number of rotatable bonds is 32. The molecule has 3 aliphatic rings. The molecule has 148 heavy (non-hydrogen) atoms. The van der Waals surface area contributed by atoms with Crippen molar-refractivity contribution in [1.29, 1.82) is 0 Å². The third kappa shape index (κ3) is 25.1. The molecule has 0 unspecified atom stereocenters. The van der Waals surface area contributed by atoms with Crippen molar-refractivity contribution in [3.05, 3.63) is 290 Å². The Kier molecular flexibility index (Phi) is 34.5. The molecule has 2 aliphatic heterocycles. The minimum absolute atomic E-state index is 0.00287. The highest BCUT2D eigenvalue weighted by Gasteiger charge is 2.36. The molecule has 0 atom stereocenters. The zero-order valence-electron chi connectivity index (χ0n) is 82.0. The largest absolute Gasteiger partial charge is 0.506 e. The Morgan fingerprint density at radius 3 is 1.12 bits per heavy atom. The fraction of sp³-hybridized carbons (Fsp3) is 0.264. The summed E-state index contributed by atoms with van der Waals surface area (Å²) in [5, 5.41) is 55.8. The van der Waals surface area contributed by atoms with Crippen LogP contribution in [-0.2, 0) is 78.3 Å². The van der Waals surface area contributed by atoms with Crippen molar-refractivity contribution in [2.75, 3.05) is 29.6 Å². The summed E-state index contributed by atoms with van der Waals surface area (Å²) in [5.74, 6) is -2.93. The average Bonchev–Trinajstić information content (AvgIpc) is 1.41. The molecule has 0 spiro atoms. The quantitative estimate of drug-likeness (QED) is 0.0244. The molecule has 0 bridgehead atoms. The highest BCUT2D eigenvalue weighted by atomic mass is 35.5. The van der Waals surface area contributed by atoms with Gasteiger partial charge in [0.15, 0.2) is 28.9 Å². The van der Waals surface area contributed by atoms with E-state index in [0.717, 1.165) is 33.5 Å². The number of aryl methyl sites for hydroxylation is 4. The summed E-state index contributed by atoms with van der Waals surface area (Å²) in [6.45, 7) is 8.31. The number of hydrogen-bond acceptors (Lipinski definition) is 28. The van der Waals surface area contributed by atoms with Crippen molar-refractivity contribution in [3.63, 3.8) is 0 Å². The van der Waals surface area contributed by atoms with E-state index in [0.29, 0.717) is 132 Å². The standard InChI is InChI=1S/C25H25N3O5.C24H23NO5.2C21H18ClNO5.C19H20N2O7S/c1-16(29)8-11-21(30)23-24(32)19-14-18(9-10-20(19)26(2)25(23)33)28-15-27(13-12-22(28)31)17-6-4-3-5-7-17;1-15(26)7-12-21(27)22-23(28)19-11-10-18(30-17-5-3-2-4-6-17)13-20(19)25(24(22)29)14-16-8-9-16;1-12(24)3-10-18(25)19-20(26)16-9-8-15(11-17(16)23(2)21(19)27)28-14-6-4-13(22)5-7-14;1-12(24)6-9-18(25)19-20(26)16-8-7-15(11-17(16)23(2)21(19)27)28-14-5-3-4-13(22)10-14;1-11(22)5-8-15(23)17-18(25)13-10-12(6-7-14(13)20(2)19(17)26)29(27,28)21-9-3-4-16(21)24/h3-7,9-10,14,32H,8,11-13,15H2,1-2H3;2-6,10-11,13,16,28H,7-9,12,14H2,1H3;4-9,11,26H,3,10H2,1-2H3;3-5,7-8,10-11,26H,6,9H2,1-2H3;6-7,10,25H,3-5,8-9H2,1-2H3. The Morgan fingerprint density at radius 1 is 0.338 bits per heavy atom. The Morgan fingerprint density at radius 2 is 0.703 bits per heavy atom. The molecule has 766 valence electrons. The summed E-state index contributed by atoms with van der Waals surface area (Å²) in [4.78, 5) is 210. The number of carbonyl (C=O) groups excluding carboxylic acids is 12. The van der Waals surface area contributed by atoms with Gasteiger partial charge in [-0.05, 0) is 199 Å². The van der Waals surface area contributed by atoms with Crippen molar-refractivity contribution >= 4 is 169 Å². The molecule has 38 heteroatoms. The van der Waals surface area contributed by atoms with E-state index in [2.05, 4.69) is 4.90 Å². The Hall–Kier alpha value is -16.6. The van der Waals surface area contributed by atoms with Crippen LogP contribution in [0.1, 0.15) is 183 Å².